The second-order valence-corrected chi connectivity index (χ2v) is 6.60. The predicted molar refractivity (Wildman–Crippen MR) is 103 cm³/mol. The van der Waals surface area contributed by atoms with Crippen molar-refractivity contribution in [2.24, 2.45) is 0 Å². The van der Waals surface area contributed by atoms with E-state index in [4.69, 9.17) is 4.98 Å². The van der Waals surface area contributed by atoms with Crippen molar-refractivity contribution in [3.63, 3.8) is 0 Å². The SMILES string of the molecule is CC(C)c1cc(NCc2cccnc2)n2c(nc3ccccc32)c1C#N. The fourth-order valence-electron chi connectivity index (χ4n) is 3.25. The van der Waals surface area contributed by atoms with Crippen LogP contribution in [0, 0.1) is 11.3 Å². The normalized spacial score (nSPS) is 11.2. The molecule has 0 aliphatic heterocycles. The fourth-order valence-corrected chi connectivity index (χ4v) is 3.25. The number of rotatable bonds is 4. The summed E-state index contributed by atoms with van der Waals surface area (Å²) in [5, 5.41) is 13.3. The molecule has 0 aliphatic rings. The molecule has 1 aromatic carbocycles. The average molecular weight is 341 g/mol. The largest absolute Gasteiger partial charge is 0.367 e. The Kier molecular flexibility index (Phi) is 4.02. The number of aromatic nitrogens is 3. The summed E-state index contributed by atoms with van der Waals surface area (Å²) in [7, 11) is 0. The van der Waals surface area contributed by atoms with E-state index in [1.54, 1.807) is 6.20 Å². The number of anilines is 1. The van der Waals surface area contributed by atoms with Gasteiger partial charge in [-0.1, -0.05) is 32.0 Å². The van der Waals surface area contributed by atoms with E-state index >= 15 is 0 Å². The van der Waals surface area contributed by atoms with E-state index < -0.39 is 0 Å². The van der Waals surface area contributed by atoms with E-state index in [0.717, 1.165) is 28.0 Å². The minimum absolute atomic E-state index is 0.230. The zero-order chi connectivity index (χ0) is 18.1. The summed E-state index contributed by atoms with van der Waals surface area (Å²) in [5.41, 5.74) is 5.32. The van der Waals surface area contributed by atoms with E-state index in [1.807, 2.05) is 47.0 Å². The molecule has 4 aromatic rings. The number of pyridine rings is 2. The molecule has 0 aliphatic carbocycles. The minimum atomic E-state index is 0.230. The molecule has 0 bridgehead atoms. The summed E-state index contributed by atoms with van der Waals surface area (Å²) in [6.45, 7) is 4.85. The number of fused-ring (bicyclic) bond motifs is 3. The highest BCUT2D eigenvalue weighted by Gasteiger charge is 2.18. The van der Waals surface area contributed by atoms with Crippen molar-refractivity contribution in [2.75, 3.05) is 5.32 Å². The molecule has 3 aromatic heterocycles. The number of nitriles is 1. The third-order valence-electron chi connectivity index (χ3n) is 4.54. The fraction of sp³-hybridized carbons (Fsp3) is 0.190. The van der Waals surface area contributed by atoms with E-state index in [1.165, 1.54) is 0 Å². The lowest BCUT2D eigenvalue weighted by Crippen LogP contribution is -2.08. The van der Waals surface area contributed by atoms with Gasteiger partial charge in [0.25, 0.3) is 0 Å². The van der Waals surface area contributed by atoms with Gasteiger partial charge in [0.05, 0.1) is 16.6 Å². The maximum Gasteiger partial charge on any atom is 0.157 e. The molecule has 0 atom stereocenters. The van der Waals surface area contributed by atoms with Crippen LogP contribution in [0.15, 0.2) is 54.9 Å². The first-order valence-electron chi connectivity index (χ1n) is 8.66. The third kappa shape index (κ3) is 2.66. The maximum absolute atomic E-state index is 9.76. The quantitative estimate of drug-likeness (QED) is 0.594. The van der Waals surface area contributed by atoms with Crippen LogP contribution in [-0.2, 0) is 6.54 Å². The first-order chi connectivity index (χ1) is 12.7. The topological polar surface area (TPSA) is 66.0 Å². The number of benzene rings is 1. The number of para-hydroxylation sites is 2. The summed E-state index contributed by atoms with van der Waals surface area (Å²) in [4.78, 5) is 8.90. The molecule has 0 unspecified atom stereocenters. The molecule has 0 spiro atoms. The van der Waals surface area contributed by atoms with Crippen molar-refractivity contribution in [2.45, 2.75) is 26.3 Å². The zero-order valence-electron chi connectivity index (χ0n) is 14.8. The van der Waals surface area contributed by atoms with E-state index in [0.29, 0.717) is 17.8 Å². The Labute approximate surface area is 151 Å². The molecule has 0 saturated heterocycles. The Hall–Kier alpha value is -3.39. The Balaban J connectivity index is 1.93. The van der Waals surface area contributed by atoms with Crippen molar-refractivity contribution >= 4 is 22.5 Å². The molecule has 128 valence electrons. The van der Waals surface area contributed by atoms with Gasteiger partial charge in [-0.3, -0.25) is 9.38 Å². The van der Waals surface area contributed by atoms with Crippen LogP contribution in [-0.4, -0.2) is 14.4 Å². The molecule has 0 radical (unpaired) electrons. The molecule has 26 heavy (non-hydrogen) atoms. The third-order valence-corrected chi connectivity index (χ3v) is 4.54. The van der Waals surface area contributed by atoms with Crippen molar-refractivity contribution in [3.8, 4) is 6.07 Å². The van der Waals surface area contributed by atoms with Crippen LogP contribution in [0.4, 0.5) is 5.82 Å². The first kappa shape index (κ1) is 16.1. The molecule has 0 saturated carbocycles. The summed E-state index contributed by atoms with van der Waals surface area (Å²) < 4.78 is 2.04. The van der Waals surface area contributed by atoms with Gasteiger partial charge < -0.3 is 5.32 Å². The van der Waals surface area contributed by atoms with Gasteiger partial charge in [0.2, 0.25) is 0 Å². The number of nitrogens with one attached hydrogen (secondary N) is 1. The highest BCUT2D eigenvalue weighted by atomic mass is 15.1. The molecular formula is C21H19N5. The van der Waals surface area contributed by atoms with Gasteiger partial charge in [0.15, 0.2) is 5.65 Å². The van der Waals surface area contributed by atoms with Gasteiger partial charge in [-0.05, 0) is 41.3 Å². The molecule has 5 nitrogen and oxygen atoms in total. The minimum Gasteiger partial charge on any atom is -0.367 e. The van der Waals surface area contributed by atoms with Crippen molar-refractivity contribution < 1.29 is 0 Å². The van der Waals surface area contributed by atoms with Crippen molar-refractivity contribution in [1.82, 2.24) is 14.4 Å². The standard InChI is InChI=1S/C21H19N5/c1-14(2)16-10-20(24-13-15-6-5-9-23-12-15)26-19-8-4-3-7-18(19)25-21(26)17(16)11-22/h3-10,12,14,24H,13H2,1-2H3. The van der Waals surface area contributed by atoms with Crippen LogP contribution in [0.1, 0.15) is 36.5 Å². The number of imidazole rings is 1. The molecule has 0 amide bonds. The molecule has 5 heteroatoms. The van der Waals surface area contributed by atoms with Crippen LogP contribution >= 0.6 is 0 Å². The lowest BCUT2D eigenvalue weighted by atomic mass is 9.99. The van der Waals surface area contributed by atoms with E-state index in [9.17, 15) is 5.26 Å². The number of hydrogen-bond donors (Lipinski definition) is 1. The van der Waals surface area contributed by atoms with Crippen LogP contribution < -0.4 is 5.32 Å². The van der Waals surface area contributed by atoms with Crippen LogP contribution in [0.25, 0.3) is 16.7 Å². The molecule has 0 fully saturated rings. The summed E-state index contributed by atoms with van der Waals surface area (Å²) in [6, 6.07) is 16.4. The second kappa shape index (κ2) is 6.49. The lowest BCUT2D eigenvalue weighted by Gasteiger charge is -2.15. The predicted octanol–water partition coefficient (Wildman–Crippen LogP) is 4.49. The zero-order valence-corrected chi connectivity index (χ0v) is 14.8. The molecular weight excluding hydrogens is 322 g/mol. The highest BCUT2D eigenvalue weighted by Crippen LogP contribution is 2.30. The van der Waals surface area contributed by atoms with Crippen LogP contribution in [0.3, 0.4) is 0 Å². The Bertz CT molecular complexity index is 1120. The van der Waals surface area contributed by atoms with Crippen molar-refractivity contribution in [1.29, 1.82) is 5.26 Å². The van der Waals surface area contributed by atoms with Crippen molar-refractivity contribution in [3.05, 3.63) is 71.5 Å². The average Bonchev–Trinajstić information content (AvgIpc) is 3.06. The highest BCUT2D eigenvalue weighted by molar-refractivity contribution is 5.85. The Morgan fingerprint density at radius 3 is 2.77 bits per heavy atom. The second-order valence-electron chi connectivity index (χ2n) is 6.60. The smallest absolute Gasteiger partial charge is 0.157 e. The van der Waals surface area contributed by atoms with Gasteiger partial charge in [0, 0.05) is 18.9 Å². The summed E-state index contributed by atoms with van der Waals surface area (Å²) in [6.07, 6.45) is 3.62. The Morgan fingerprint density at radius 1 is 1.19 bits per heavy atom. The maximum atomic E-state index is 9.76. The number of nitrogens with zero attached hydrogens (tertiary/aromatic N) is 4. The lowest BCUT2D eigenvalue weighted by molar-refractivity contribution is 0.858. The number of hydrogen-bond acceptors (Lipinski definition) is 4. The van der Waals surface area contributed by atoms with Crippen LogP contribution in [0.5, 0.6) is 0 Å². The van der Waals surface area contributed by atoms with Crippen LogP contribution in [0.2, 0.25) is 0 Å². The molecule has 4 rings (SSSR count). The molecule has 3 heterocycles. The Morgan fingerprint density at radius 2 is 2.04 bits per heavy atom. The van der Waals surface area contributed by atoms with E-state index in [2.05, 4.69) is 36.3 Å². The van der Waals surface area contributed by atoms with Gasteiger partial charge in [-0.2, -0.15) is 5.26 Å². The summed E-state index contributed by atoms with van der Waals surface area (Å²) >= 11 is 0. The molecule has 1 N–H and O–H groups in total. The monoisotopic (exact) mass is 341 g/mol. The summed E-state index contributed by atoms with van der Waals surface area (Å²) in [5.74, 6) is 1.16. The van der Waals surface area contributed by atoms with Gasteiger partial charge in [0.1, 0.15) is 11.9 Å². The van der Waals surface area contributed by atoms with Gasteiger partial charge >= 0.3 is 0 Å². The van der Waals surface area contributed by atoms with Gasteiger partial charge in [-0.25, -0.2) is 4.98 Å². The first-order valence-corrected chi connectivity index (χ1v) is 8.66. The van der Waals surface area contributed by atoms with E-state index in [-0.39, 0.29) is 5.92 Å². The van der Waals surface area contributed by atoms with Gasteiger partial charge in [-0.15, -0.1) is 0 Å².